The van der Waals surface area contributed by atoms with Crippen molar-refractivity contribution in [2.45, 2.75) is 6.42 Å². The number of nitrogens with zero attached hydrogens (tertiary/aromatic N) is 2. The van der Waals surface area contributed by atoms with Gasteiger partial charge in [0.15, 0.2) is 0 Å². The highest BCUT2D eigenvalue weighted by Gasteiger charge is 2.23. The van der Waals surface area contributed by atoms with E-state index in [1.807, 2.05) is 0 Å². The molecule has 0 aromatic carbocycles. The van der Waals surface area contributed by atoms with Gasteiger partial charge < -0.3 is 0 Å². The van der Waals surface area contributed by atoms with Gasteiger partial charge in [-0.05, 0) is 6.42 Å². The molecule has 0 aliphatic rings. The first-order chi connectivity index (χ1) is 5.09. The van der Waals surface area contributed by atoms with Crippen molar-refractivity contribution in [3.05, 3.63) is 44.8 Å². The first-order valence-corrected chi connectivity index (χ1v) is 2.69. The number of rotatable bonds is 4. The molecule has 0 unspecified atom stereocenters. The van der Waals surface area contributed by atoms with Crippen molar-refractivity contribution in [3.8, 4) is 0 Å². The summed E-state index contributed by atoms with van der Waals surface area (Å²) in [6, 6.07) is 0. The summed E-state index contributed by atoms with van der Waals surface area (Å²) in [5.41, 5.74) is 0. The highest BCUT2D eigenvalue weighted by Crippen LogP contribution is 1.98. The van der Waals surface area contributed by atoms with Crippen LogP contribution >= 0.6 is 0 Å². The number of nitro groups is 2. The minimum absolute atomic E-state index is 0.122. The fraction of sp³-hybridized carbons (Fsp3) is 0.200. The molecule has 0 aromatic rings. The van der Waals surface area contributed by atoms with Crippen LogP contribution in [-0.4, -0.2) is 9.85 Å². The first-order valence-electron chi connectivity index (χ1n) is 2.69. The lowest BCUT2D eigenvalue weighted by Gasteiger charge is -1.84. The van der Waals surface area contributed by atoms with Crippen LogP contribution in [0.2, 0.25) is 0 Å². The van der Waals surface area contributed by atoms with Crippen LogP contribution in [0.25, 0.3) is 0 Å². The van der Waals surface area contributed by atoms with E-state index in [9.17, 15) is 20.2 Å². The van der Waals surface area contributed by atoms with E-state index in [0.717, 1.165) is 6.08 Å². The molecule has 60 valence electrons. The Hall–Kier alpha value is -1.72. The lowest BCUT2D eigenvalue weighted by Crippen LogP contribution is -2.08. The Balaban J connectivity index is 4.45. The zero-order chi connectivity index (χ0) is 8.85. The Morgan fingerprint density at radius 3 is 2.09 bits per heavy atom. The van der Waals surface area contributed by atoms with E-state index in [0.29, 0.717) is 0 Å². The molecule has 0 spiro atoms. The normalized spacial score (nSPS) is 8.36. The molecule has 0 aliphatic carbocycles. The Morgan fingerprint density at radius 2 is 1.82 bits per heavy atom. The SMILES string of the molecule is C=CCC=C([N+](=O)[O-])[N+](=O)[O-]. The number of hydrogen-bond donors (Lipinski definition) is 0. The third-order valence-electron chi connectivity index (χ3n) is 0.841. The van der Waals surface area contributed by atoms with E-state index in [4.69, 9.17) is 0 Å². The molecule has 0 radical (unpaired) electrons. The minimum Gasteiger partial charge on any atom is -0.253 e. The molecule has 0 saturated heterocycles. The summed E-state index contributed by atoms with van der Waals surface area (Å²) in [5, 5.41) is 19.8. The molecule has 0 amide bonds. The molecule has 6 heteroatoms. The molecule has 0 saturated carbocycles. The maximum atomic E-state index is 9.91. The van der Waals surface area contributed by atoms with E-state index in [1.165, 1.54) is 6.08 Å². The molecule has 0 heterocycles. The van der Waals surface area contributed by atoms with Crippen molar-refractivity contribution in [3.63, 3.8) is 0 Å². The van der Waals surface area contributed by atoms with E-state index >= 15 is 0 Å². The third-order valence-corrected chi connectivity index (χ3v) is 0.841. The Kier molecular flexibility index (Phi) is 3.50. The number of hydrogen-bond acceptors (Lipinski definition) is 4. The van der Waals surface area contributed by atoms with Gasteiger partial charge in [0, 0.05) is 0 Å². The second-order valence-electron chi connectivity index (χ2n) is 1.60. The van der Waals surface area contributed by atoms with Crippen molar-refractivity contribution >= 4 is 0 Å². The van der Waals surface area contributed by atoms with Crippen LogP contribution in [0.4, 0.5) is 0 Å². The van der Waals surface area contributed by atoms with Crippen LogP contribution < -0.4 is 0 Å². The van der Waals surface area contributed by atoms with Gasteiger partial charge in [-0.15, -0.1) is 6.58 Å². The molecule has 0 bridgehead atoms. The first kappa shape index (κ1) is 9.28. The summed E-state index contributed by atoms with van der Waals surface area (Å²) in [7, 11) is 0. The minimum atomic E-state index is -1.04. The molecule has 0 rings (SSSR count). The van der Waals surface area contributed by atoms with Crippen molar-refractivity contribution in [1.29, 1.82) is 0 Å². The summed E-state index contributed by atoms with van der Waals surface area (Å²) >= 11 is 0. The lowest BCUT2D eigenvalue weighted by atomic mass is 10.4. The van der Waals surface area contributed by atoms with Gasteiger partial charge in [0.1, 0.15) is 9.85 Å². The second-order valence-corrected chi connectivity index (χ2v) is 1.60. The monoisotopic (exact) mass is 158 g/mol. The van der Waals surface area contributed by atoms with E-state index in [1.54, 1.807) is 0 Å². The molecular formula is C5H6N2O4. The van der Waals surface area contributed by atoms with Gasteiger partial charge in [-0.2, -0.15) is 0 Å². The van der Waals surface area contributed by atoms with Crippen molar-refractivity contribution in [2.75, 3.05) is 0 Å². The maximum absolute atomic E-state index is 9.91. The summed E-state index contributed by atoms with van der Waals surface area (Å²) < 4.78 is 0. The molecular weight excluding hydrogens is 152 g/mol. The average molecular weight is 158 g/mol. The van der Waals surface area contributed by atoms with Gasteiger partial charge in [0.25, 0.3) is 0 Å². The smallest absolute Gasteiger partial charge is 0.253 e. The predicted octanol–water partition coefficient (Wildman–Crippen LogP) is 0.957. The topological polar surface area (TPSA) is 86.3 Å². The molecule has 0 N–H and O–H groups in total. The van der Waals surface area contributed by atoms with Crippen molar-refractivity contribution < 1.29 is 9.85 Å². The zero-order valence-electron chi connectivity index (χ0n) is 5.60. The van der Waals surface area contributed by atoms with E-state index < -0.39 is 15.7 Å². The van der Waals surface area contributed by atoms with Crippen LogP contribution in [-0.2, 0) is 0 Å². The summed E-state index contributed by atoms with van der Waals surface area (Å²) in [6.07, 6.45) is 2.36. The van der Waals surface area contributed by atoms with E-state index in [2.05, 4.69) is 6.58 Å². The Labute approximate surface area is 62.1 Å². The fourth-order valence-electron chi connectivity index (χ4n) is 0.404. The standard InChI is InChI=1S/C5H6N2O4/c1-2-3-4-5(6(8)9)7(10)11/h2,4H,1,3H2. The molecule has 0 atom stereocenters. The Bertz CT molecular complexity index is 205. The van der Waals surface area contributed by atoms with Gasteiger partial charge in [-0.3, -0.25) is 20.2 Å². The quantitative estimate of drug-likeness (QED) is 0.346. The summed E-state index contributed by atoms with van der Waals surface area (Å²) in [6.45, 7) is 3.26. The van der Waals surface area contributed by atoms with Crippen LogP contribution in [0.5, 0.6) is 0 Å². The third kappa shape index (κ3) is 3.09. The van der Waals surface area contributed by atoms with Crippen molar-refractivity contribution in [2.24, 2.45) is 0 Å². The van der Waals surface area contributed by atoms with Gasteiger partial charge in [-0.25, -0.2) is 0 Å². The summed E-state index contributed by atoms with van der Waals surface area (Å²) in [4.78, 5) is 17.7. The number of allylic oxidation sites excluding steroid dienone is 2. The van der Waals surface area contributed by atoms with Crippen LogP contribution in [0.1, 0.15) is 6.42 Å². The van der Waals surface area contributed by atoms with Crippen LogP contribution in [0.15, 0.2) is 24.6 Å². The van der Waals surface area contributed by atoms with Crippen LogP contribution in [0, 0.1) is 20.2 Å². The Morgan fingerprint density at radius 1 is 1.36 bits per heavy atom. The molecule has 0 fully saturated rings. The maximum Gasteiger partial charge on any atom is 0.554 e. The largest absolute Gasteiger partial charge is 0.554 e. The van der Waals surface area contributed by atoms with Gasteiger partial charge in [0.05, 0.1) is 6.08 Å². The predicted molar refractivity (Wildman–Crippen MR) is 36.9 cm³/mol. The van der Waals surface area contributed by atoms with Gasteiger partial charge >= 0.3 is 5.82 Å². The zero-order valence-corrected chi connectivity index (χ0v) is 5.60. The van der Waals surface area contributed by atoms with Gasteiger partial charge in [-0.1, -0.05) is 6.08 Å². The van der Waals surface area contributed by atoms with Crippen molar-refractivity contribution in [1.82, 2.24) is 0 Å². The highest BCUT2D eigenvalue weighted by molar-refractivity contribution is 4.88. The van der Waals surface area contributed by atoms with E-state index in [-0.39, 0.29) is 6.42 Å². The van der Waals surface area contributed by atoms with Gasteiger partial charge in [0.2, 0.25) is 0 Å². The fourth-order valence-corrected chi connectivity index (χ4v) is 0.404. The highest BCUT2D eigenvalue weighted by atomic mass is 16.7. The lowest BCUT2D eigenvalue weighted by molar-refractivity contribution is -0.616. The van der Waals surface area contributed by atoms with Crippen LogP contribution in [0.3, 0.4) is 0 Å². The summed E-state index contributed by atoms with van der Waals surface area (Å²) in [5.74, 6) is -1.01. The second kappa shape index (κ2) is 4.15. The molecule has 11 heavy (non-hydrogen) atoms. The molecule has 0 aliphatic heterocycles. The molecule has 0 aromatic heterocycles. The molecule has 6 nitrogen and oxygen atoms in total. The average Bonchev–Trinajstić information content (AvgIpc) is 1.87.